The van der Waals surface area contributed by atoms with Crippen LogP contribution >= 0.6 is 0 Å². The smallest absolute Gasteiger partial charge is 0.251 e. The summed E-state index contributed by atoms with van der Waals surface area (Å²) in [6, 6.07) is 13.5. The van der Waals surface area contributed by atoms with Crippen LogP contribution in [0.2, 0.25) is 0 Å². The Morgan fingerprint density at radius 1 is 1.11 bits per heavy atom. The zero-order valence-electron chi connectivity index (χ0n) is 15.9. The second-order valence-corrected chi connectivity index (χ2v) is 7.65. The second kappa shape index (κ2) is 7.97. The van der Waals surface area contributed by atoms with Crippen LogP contribution in [0.4, 0.5) is 0 Å². The monoisotopic (exact) mass is 375 g/mol. The number of nitrogens with one attached hydrogen (secondary N) is 1. The first-order chi connectivity index (χ1) is 13.7. The van der Waals surface area contributed by atoms with Gasteiger partial charge in [0.25, 0.3) is 5.91 Å². The lowest BCUT2D eigenvalue weighted by Crippen LogP contribution is -2.50. The van der Waals surface area contributed by atoms with Gasteiger partial charge in [0.15, 0.2) is 0 Å². The summed E-state index contributed by atoms with van der Waals surface area (Å²) in [7, 11) is 0. The van der Waals surface area contributed by atoms with Crippen molar-refractivity contribution in [1.29, 1.82) is 0 Å². The van der Waals surface area contributed by atoms with Crippen molar-refractivity contribution >= 4 is 11.8 Å². The summed E-state index contributed by atoms with van der Waals surface area (Å²) >= 11 is 0. The number of fused-ring (bicyclic) bond motifs is 1. The molecule has 0 saturated carbocycles. The minimum absolute atomic E-state index is 0.0896. The highest BCUT2D eigenvalue weighted by Crippen LogP contribution is 2.46. The predicted octanol–water partition coefficient (Wildman–Crippen LogP) is 3.69. The van der Waals surface area contributed by atoms with Crippen molar-refractivity contribution in [2.24, 2.45) is 5.41 Å². The van der Waals surface area contributed by atoms with Gasteiger partial charge in [-0.1, -0.05) is 36.4 Å². The molecule has 1 aliphatic heterocycles. The zero-order chi connectivity index (χ0) is 19.4. The molecule has 0 radical (unpaired) electrons. The van der Waals surface area contributed by atoms with Gasteiger partial charge < -0.3 is 10.2 Å². The van der Waals surface area contributed by atoms with E-state index in [0.717, 1.165) is 36.9 Å². The third-order valence-electron chi connectivity index (χ3n) is 5.86. The average molecular weight is 375 g/mol. The number of aromatic nitrogens is 1. The Morgan fingerprint density at radius 3 is 2.68 bits per heavy atom. The molecule has 4 rings (SSSR count). The SMILES string of the molecule is O=C(NCC12CCCC=C1N(Cc1ccccc1)C(=O)CC2)c1ccncc1. The van der Waals surface area contributed by atoms with Gasteiger partial charge in [0.2, 0.25) is 5.91 Å². The van der Waals surface area contributed by atoms with E-state index in [1.54, 1.807) is 24.5 Å². The molecule has 0 bridgehead atoms. The Balaban J connectivity index is 1.54. The van der Waals surface area contributed by atoms with E-state index in [1.807, 2.05) is 23.1 Å². The first kappa shape index (κ1) is 18.4. The molecule has 1 unspecified atom stereocenters. The van der Waals surface area contributed by atoms with Crippen molar-refractivity contribution in [2.45, 2.75) is 38.6 Å². The fourth-order valence-corrected chi connectivity index (χ4v) is 4.35. The number of benzene rings is 1. The molecule has 1 saturated heterocycles. The Morgan fingerprint density at radius 2 is 1.89 bits per heavy atom. The summed E-state index contributed by atoms with van der Waals surface area (Å²) in [4.78, 5) is 31.2. The molecule has 5 nitrogen and oxygen atoms in total. The summed E-state index contributed by atoms with van der Waals surface area (Å²) in [6.45, 7) is 1.14. The molecule has 1 aromatic carbocycles. The van der Waals surface area contributed by atoms with Gasteiger partial charge >= 0.3 is 0 Å². The molecular formula is C23H25N3O2. The number of rotatable bonds is 5. The van der Waals surface area contributed by atoms with Crippen LogP contribution < -0.4 is 5.32 Å². The minimum Gasteiger partial charge on any atom is -0.351 e. The van der Waals surface area contributed by atoms with Crippen molar-refractivity contribution in [3.05, 3.63) is 77.8 Å². The standard InChI is InChI=1S/C23H25N3O2/c27-21-9-13-23(17-25-22(28)19-10-14-24-15-11-19)12-5-4-8-20(23)26(21)16-18-6-2-1-3-7-18/h1-3,6-8,10-11,14-15H,4-5,9,12-13,16-17H2,(H,25,28). The fourth-order valence-electron chi connectivity index (χ4n) is 4.35. The van der Waals surface area contributed by atoms with Gasteiger partial charge in [0.1, 0.15) is 0 Å². The van der Waals surface area contributed by atoms with Crippen LogP contribution in [0.5, 0.6) is 0 Å². The molecule has 1 fully saturated rings. The lowest BCUT2D eigenvalue weighted by molar-refractivity contribution is -0.134. The Kier molecular flexibility index (Phi) is 5.24. The molecule has 2 heterocycles. The number of piperidine rings is 1. The number of pyridine rings is 1. The van der Waals surface area contributed by atoms with Crippen LogP contribution in [0, 0.1) is 5.41 Å². The first-order valence-corrected chi connectivity index (χ1v) is 9.91. The van der Waals surface area contributed by atoms with Crippen molar-refractivity contribution < 1.29 is 9.59 Å². The minimum atomic E-state index is -0.163. The van der Waals surface area contributed by atoms with Crippen LogP contribution in [0.15, 0.2) is 66.6 Å². The number of carbonyl (C=O) groups excluding carboxylic acids is 2. The van der Waals surface area contributed by atoms with Crippen molar-refractivity contribution in [2.75, 3.05) is 6.54 Å². The number of hydrogen-bond acceptors (Lipinski definition) is 3. The maximum absolute atomic E-state index is 12.7. The molecular weight excluding hydrogens is 350 g/mol. The van der Waals surface area contributed by atoms with Gasteiger partial charge in [-0.05, 0) is 43.4 Å². The summed E-state index contributed by atoms with van der Waals surface area (Å²) in [6.07, 6.45) is 9.83. The second-order valence-electron chi connectivity index (χ2n) is 7.65. The predicted molar refractivity (Wildman–Crippen MR) is 107 cm³/mol. The van der Waals surface area contributed by atoms with E-state index >= 15 is 0 Å². The molecule has 1 atom stereocenters. The van der Waals surface area contributed by atoms with Gasteiger partial charge in [-0.15, -0.1) is 0 Å². The normalized spacial score (nSPS) is 21.6. The molecule has 28 heavy (non-hydrogen) atoms. The third-order valence-corrected chi connectivity index (χ3v) is 5.86. The summed E-state index contributed by atoms with van der Waals surface area (Å²) < 4.78 is 0. The molecule has 2 aliphatic rings. The quantitative estimate of drug-likeness (QED) is 0.867. The largest absolute Gasteiger partial charge is 0.351 e. The van der Waals surface area contributed by atoms with E-state index in [0.29, 0.717) is 25.1 Å². The molecule has 144 valence electrons. The van der Waals surface area contributed by atoms with E-state index in [4.69, 9.17) is 0 Å². The van der Waals surface area contributed by atoms with E-state index in [9.17, 15) is 9.59 Å². The van der Waals surface area contributed by atoms with Gasteiger partial charge in [0.05, 0.1) is 6.54 Å². The summed E-state index contributed by atoms with van der Waals surface area (Å²) in [5.41, 5.74) is 2.66. The van der Waals surface area contributed by atoms with Crippen molar-refractivity contribution in [3.8, 4) is 0 Å². The maximum Gasteiger partial charge on any atom is 0.251 e. The van der Waals surface area contributed by atoms with Crippen LogP contribution in [0.1, 0.15) is 48.0 Å². The third kappa shape index (κ3) is 3.70. The number of nitrogens with zero attached hydrogens (tertiary/aromatic N) is 2. The summed E-state index contributed by atoms with van der Waals surface area (Å²) in [5, 5.41) is 3.11. The zero-order valence-corrected chi connectivity index (χ0v) is 15.9. The Labute approximate surface area is 165 Å². The van der Waals surface area contributed by atoms with Crippen molar-refractivity contribution in [1.82, 2.24) is 15.2 Å². The average Bonchev–Trinajstić information content (AvgIpc) is 2.76. The Bertz CT molecular complexity index is 879. The van der Waals surface area contributed by atoms with E-state index < -0.39 is 0 Å². The van der Waals surface area contributed by atoms with Crippen LogP contribution in [-0.4, -0.2) is 28.2 Å². The molecule has 2 amide bonds. The number of amides is 2. The molecule has 1 aromatic heterocycles. The topological polar surface area (TPSA) is 62.3 Å². The first-order valence-electron chi connectivity index (χ1n) is 9.91. The summed E-state index contributed by atoms with van der Waals surface area (Å²) in [5.74, 6) is 0.0845. The lowest BCUT2D eigenvalue weighted by Gasteiger charge is -2.47. The maximum atomic E-state index is 12.7. The number of allylic oxidation sites excluding steroid dienone is 1. The lowest BCUT2D eigenvalue weighted by atomic mass is 9.69. The van der Waals surface area contributed by atoms with Crippen LogP contribution in [-0.2, 0) is 11.3 Å². The van der Waals surface area contributed by atoms with Gasteiger partial charge in [0, 0.05) is 42.0 Å². The number of hydrogen-bond donors (Lipinski definition) is 1. The van der Waals surface area contributed by atoms with E-state index in [1.165, 1.54) is 0 Å². The molecule has 1 aliphatic carbocycles. The highest BCUT2D eigenvalue weighted by Gasteiger charge is 2.44. The van der Waals surface area contributed by atoms with E-state index in [2.05, 4.69) is 28.5 Å². The van der Waals surface area contributed by atoms with Crippen molar-refractivity contribution in [3.63, 3.8) is 0 Å². The van der Waals surface area contributed by atoms with Gasteiger partial charge in [-0.2, -0.15) is 0 Å². The van der Waals surface area contributed by atoms with E-state index in [-0.39, 0.29) is 17.2 Å². The van der Waals surface area contributed by atoms with Gasteiger partial charge in [-0.3, -0.25) is 14.6 Å². The Hall–Kier alpha value is -2.95. The van der Waals surface area contributed by atoms with Gasteiger partial charge in [-0.25, -0.2) is 0 Å². The number of carbonyl (C=O) groups is 2. The molecule has 0 spiro atoms. The van der Waals surface area contributed by atoms with Crippen LogP contribution in [0.25, 0.3) is 0 Å². The fraction of sp³-hybridized carbons (Fsp3) is 0.348. The van der Waals surface area contributed by atoms with Crippen LogP contribution in [0.3, 0.4) is 0 Å². The highest BCUT2D eigenvalue weighted by atomic mass is 16.2. The molecule has 1 N–H and O–H groups in total. The highest BCUT2D eigenvalue weighted by molar-refractivity contribution is 5.94. The molecule has 5 heteroatoms. The number of likely N-dealkylation sites (tertiary alicyclic amines) is 1. The molecule has 2 aromatic rings.